The van der Waals surface area contributed by atoms with Gasteiger partial charge < -0.3 is 0 Å². The van der Waals surface area contributed by atoms with Crippen molar-refractivity contribution in [2.75, 3.05) is 4.90 Å². The maximum absolute atomic E-state index is 13.2. The fraction of sp³-hybridized carbons (Fsp3) is 0.333. The van der Waals surface area contributed by atoms with E-state index in [2.05, 4.69) is 25.7 Å². The predicted octanol–water partition coefficient (Wildman–Crippen LogP) is 3.86. The van der Waals surface area contributed by atoms with E-state index in [0.29, 0.717) is 17.8 Å². The number of anilines is 1. The van der Waals surface area contributed by atoms with Gasteiger partial charge in [-0.3, -0.25) is 19.4 Å². The first-order valence-electron chi connectivity index (χ1n) is 8.54. The Balaban J connectivity index is 2.06. The van der Waals surface area contributed by atoms with Crippen LogP contribution in [-0.2, 0) is 11.3 Å². The summed E-state index contributed by atoms with van der Waals surface area (Å²) in [5.74, 6) is -0.137. The third-order valence-corrected chi connectivity index (χ3v) is 4.60. The zero-order valence-corrected chi connectivity index (χ0v) is 15.2. The van der Waals surface area contributed by atoms with Gasteiger partial charge in [0.2, 0.25) is 11.7 Å². The molecule has 1 amide bonds. The second-order valence-electron chi connectivity index (χ2n) is 7.43. The minimum Gasteiger partial charge on any atom is -0.290 e. The van der Waals surface area contributed by atoms with Gasteiger partial charge in [0.05, 0.1) is 5.69 Å². The lowest BCUT2D eigenvalue weighted by atomic mass is 10.0. The summed E-state index contributed by atoms with van der Waals surface area (Å²) < 4.78 is 0. The molecule has 4 nitrogen and oxygen atoms in total. The molecule has 25 heavy (non-hydrogen) atoms. The Bertz CT molecular complexity index is 793. The fourth-order valence-corrected chi connectivity index (χ4v) is 3.37. The molecule has 0 aromatic heterocycles. The van der Waals surface area contributed by atoms with Crippen molar-refractivity contribution in [3.05, 3.63) is 65.7 Å². The predicted molar refractivity (Wildman–Crippen MR) is 99.5 cm³/mol. The van der Waals surface area contributed by atoms with Gasteiger partial charge in [0.1, 0.15) is 0 Å². The normalized spacial score (nSPS) is 17.1. The molecule has 0 saturated carbocycles. The monoisotopic (exact) mass is 336 g/mol. The zero-order valence-electron chi connectivity index (χ0n) is 15.2. The maximum Gasteiger partial charge on any atom is 0.225 e. The molecule has 0 radical (unpaired) electrons. The molecule has 0 N–H and O–H groups in total. The molecule has 1 aliphatic heterocycles. The number of hydrogen-bond donors (Lipinski definition) is 0. The van der Waals surface area contributed by atoms with Gasteiger partial charge in [-0.15, -0.1) is 0 Å². The number of nitrogens with zero attached hydrogens (tertiary/aromatic N) is 2. The molecule has 2 aromatic carbocycles. The van der Waals surface area contributed by atoms with Crippen LogP contribution in [0.2, 0.25) is 0 Å². The lowest BCUT2D eigenvalue weighted by Crippen LogP contribution is -2.57. The van der Waals surface area contributed by atoms with Gasteiger partial charge in [0.25, 0.3) is 0 Å². The third kappa shape index (κ3) is 3.22. The average molecular weight is 336 g/mol. The maximum atomic E-state index is 13.2. The summed E-state index contributed by atoms with van der Waals surface area (Å²) in [4.78, 5) is 29.3. The summed E-state index contributed by atoms with van der Waals surface area (Å²) in [5, 5.41) is 0. The Hall–Kier alpha value is -2.46. The van der Waals surface area contributed by atoms with Gasteiger partial charge in [-0.05, 0) is 38.5 Å². The number of fused-ring (bicyclic) bond motifs is 1. The van der Waals surface area contributed by atoms with Gasteiger partial charge in [-0.1, -0.05) is 42.5 Å². The molecular formula is C21H24N2O2. The second kappa shape index (κ2) is 6.45. The van der Waals surface area contributed by atoms with Gasteiger partial charge in [0, 0.05) is 24.6 Å². The molecule has 2 aromatic rings. The van der Waals surface area contributed by atoms with Crippen LogP contribution in [0.15, 0.2) is 54.6 Å². The summed E-state index contributed by atoms with van der Waals surface area (Å²) in [7, 11) is 0. The highest BCUT2D eigenvalue weighted by molar-refractivity contribution is 6.17. The van der Waals surface area contributed by atoms with Crippen molar-refractivity contribution in [1.82, 2.24) is 4.90 Å². The fourth-order valence-electron chi connectivity index (χ4n) is 3.37. The Morgan fingerprint density at radius 1 is 1.04 bits per heavy atom. The van der Waals surface area contributed by atoms with E-state index in [0.717, 1.165) is 5.56 Å². The average Bonchev–Trinajstić information content (AvgIpc) is 2.86. The number of amides is 1. The Labute approximate surface area is 149 Å². The van der Waals surface area contributed by atoms with E-state index in [1.165, 1.54) is 6.92 Å². The first-order chi connectivity index (χ1) is 11.8. The van der Waals surface area contributed by atoms with E-state index in [1.807, 2.05) is 48.5 Å². The van der Waals surface area contributed by atoms with E-state index >= 15 is 0 Å². The molecule has 1 aliphatic rings. The van der Waals surface area contributed by atoms with Crippen LogP contribution in [-0.4, -0.2) is 28.3 Å². The number of ketones is 1. The van der Waals surface area contributed by atoms with E-state index in [4.69, 9.17) is 0 Å². The molecule has 0 aliphatic carbocycles. The highest BCUT2D eigenvalue weighted by Gasteiger charge is 2.45. The number of Topliss-reactive ketones (excluding diaryl/α,β-unsaturated/α-hetero) is 1. The number of hydrogen-bond acceptors (Lipinski definition) is 3. The number of para-hydroxylation sites is 1. The van der Waals surface area contributed by atoms with Crippen molar-refractivity contribution in [2.24, 2.45) is 0 Å². The molecule has 0 spiro atoms. The number of rotatable bonds is 3. The molecule has 0 saturated heterocycles. The van der Waals surface area contributed by atoms with Crippen molar-refractivity contribution < 1.29 is 9.59 Å². The quantitative estimate of drug-likeness (QED) is 0.854. The Kier molecular flexibility index (Phi) is 4.48. The van der Waals surface area contributed by atoms with Crippen molar-refractivity contribution in [1.29, 1.82) is 0 Å². The highest BCUT2D eigenvalue weighted by atomic mass is 16.2. The lowest BCUT2D eigenvalue weighted by Gasteiger charge is -2.42. The van der Waals surface area contributed by atoms with Crippen LogP contribution in [0, 0.1) is 0 Å². The SMILES string of the molecule is CC(=O)N1c2ccccc2C(=O)C1N(Cc1ccccc1)C(C)(C)C. The van der Waals surface area contributed by atoms with Crippen LogP contribution in [0.5, 0.6) is 0 Å². The molecule has 130 valence electrons. The van der Waals surface area contributed by atoms with Gasteiger partial charge in [-0.25, -0.2) is 0 Å². The minimum absolute atomic E-state index is 0.0170. The molecule has 1 heterocycles. The largest absolute Gasteiger partial charge is 0.290 e. The topological polar surface area (TPSA) is 40.6 Å². The number of carbonyl (C=O) groups excluding carboxylic acids is 2. The van der Waals surface area contributed by atoms with E-state index < -0.39 is 6.17 Å². The van der Waals surface area contributed by atoms with Crippen molar-refractivity contribution >= 4 is 17.4 Å². The summed E-state index contributed by atoms with van der Waals surface area (Å²) in [6.07, 6.45) is -0.616. The number of benzene rings is 2. The molecule has 1 atom stereocenters. The van der Waals surface area contributed by atoms with E-state index in [1.54, 1.807) is 11.0 Å². The smallest absolute Gasteiger partial charge is 0.225 e. The van der Waals surface area contributed by atoms with Crippen molar-refractivity contribution in [3.63, 3.8) is 0 Å². The van der Waals surface area contributed by atoms with Crippen LogP contribution in [0.4, 0.5) is 5.69 Å². The van der Waals surface area contributed by atoms with Crippen molar-refractivity contribution in [2.45, 2.75) is 45.9 Å². The minimum atomic E-state index is -0.616. The van der Waals surface area contributed by atoms with Crippen LogP contribution in [0.25, 0.3) is 0 Å². The highest BCUT2D eigenvalue weighted by Crippen LogP contribution is 2.36. The van der Waals surface area contributed by atoms with Crippen molar-refractivity contribution in [3.8, 4) is 0 Å². The summed E-state index contributed by atoms with van der Waals surface area (Å²) in [5.41, 5.74) is 2.15. The molecule has 3 rings (SSSR count). The zero-order chi connectivity index (χ0) is 18.2. The summed E-state index contributed by atoms with van der Waals surface area (Å²) >= 11 is 0. The standard InChI is InChI=1S/C21H24N2O2/c1-15(24)23-18-13-9-8-12-17(18)19(25)20(23)22(21(2,3)4)14-16-10-6-5-7-11-16/h5-13,20H,14H2,1-4H3. The third-order valence-electron chi connectivity index (χ3n) is 4.60. The first-order valence-corrected chi connectivity index (χ1v) is 8.54. The van der Waals surface area contributed by atoms with E-state index in [9.17, 15) is 9.59 Å². The van der Waals surface area contributed by atoms with Crippen LogP contribution < -0.4 is 4.90 Å². The molecule has 0 bridgehead atoms. The van der Waals surface area contributed by atoms with Gasteiger partial charge >= 0.3 is 0 Å². The Morgan fingerprint density at radius 3 is 2.24 bits per heavy atom. The lowest BCUT2D eigenvalue weighted by molar-refractivity contribution is -0.117. The molecule has 4 heteroatoms. The van der Waals surface area contributed by atoms with Gasteiger partial charge in [-0.2, -0.15) is 0 Å². The molecule has 1 unspecified atom stereocenters. The van der Waals surface area contributed by atoms with Gasteiger partial charge in [0.15, 0.2) is 6.17 Å². The summed E-state index contributed by atoms with van der Waals surface area (Å²) in [6, 6.07) is 17.4. The van der Waals surface area contributed by atoms with E-state index in [-0.39, 0.29) is 17.2 Å². The van der Waals surface area contributed by atoms with Crippen LogP contribution >= 0.6 is 0 Å². The van der Waals surface area contributed by atoms with Crippen LogP contribution in [0.1, 0.15) is 43.6 Å². The number of carbonyl (C=O) groups is 2. The summed E-state index contributed by atoms with van der Waals surface area (Å²) in [6.45, 7) is 8.34. The molecule has 0 fully saturated rings. The van der Waals surface area contributed by atoms with Crippen LogP contribution in [0.3, 0.4) is 0 Å². The first kappa shape index (κ1) is 17.4. The Morgan fingerprint density at radius 2 is 1.64 bits per heavy atom. The second-order valence-corrected chi connectivity index (χ2v) is 7.43. The molecular weight excluding hydrogens is 312 g/mol.